The largest absolute Gasteiger partial charge is 0.450 e. The highest BCUT2D eigenvalue weighted by atomic mass is 17.1. The number of rotatable bonds is 2. The lowest BCUT2D eigenvalue weighted by atomic mass is 10.7. The molecule has 0 saturated heterocycles. The molecule has 0 atom stereocenters. The fourth-order valence-electron chi connectivity index (χ4n) is 0.180. The number of nitrogens with two attached hydrogens (primary N) is 1. The zero-order valence-electron chi connectivity index (χ0n) is 6.65. The summed E-state index contributed by atoms with van der Waals surface area (Å²) in [5, 5.41) is 7.41. The molecule has 0 aromatic carbocycles. The summed E-state index contributed by atoms with van der Waals surface area (Å²) in [5.74, 6) is -0.838. The highest BCUT2D eigenvalue weighted by molar-refractivity contribution is 5.80. The predicted molar refractivity (Wildman–Crippen MR) is 40.1 cm³/mol. The van der Waals surface area contributed by atoms with Gasteiger partial charge in [-0.15, -0.1) is 0 Å². The Labute approximate surface area is 69.5 Å². The number of carbonyl (C=O) groups is 2. The van der Waals surface area contributed by atoms with Crippen molar-refractivity contribution in [3.63, 3.8) is 0 Å². The average Bonchev–Trinajstić information content (AvgIpc) is 2.04. The van der Waals surface area contributed by atoms with E-state index in [1.807, 2.05) is 0 Å². The summed E-state index contributed by atoms with van der Waals surface area (Å²) in [4.78, 5) is 22.3. The van der Waals surface area contributed by atoms with Crippen LogP contribution in [0.4, 0.5) is 4.79 Å². The smallest absolute Gasteiger partial charge is 0.404 e. The highest BCUT2D eigenvalue weighted by Gasteiger charge is 1.85. The highest BCUT2D eigenvalue weighted by Crippen LogP contribution is 1.67. The second kappa shape index (κ2) is 9.44. The maximum atomic E-state index is 9.60. The summed E-state index contributed by atoms with van der Waals surface area (Å²) in [7, 11) is 0. The van der Waals surface area contributed by atoms with Crippen molar-refractivity contribution in [3.8, 4) is 0 Å². The topological polar surface area (TPSA) is 98.8 Å². The van der Waals surface area contributed by atoms with Crippen molar-refractivity contribution in [3.05, 3.63) is 12.7 Å². The van der Waals surface area contributed by atoms with Gasteiger partial charge in [0.2, 0.25) is 0 Å². The zero-order chi connectivity index (χ0) is 9.98. The van der Waals surface area contributed by atoms with Gasteiger partial charge in [-0.25, -0.2) is 9.59 Å². The van der Waals surface area contributed by atoms with E-state index < -0.39 is 12.1 Å². The Kier molecular flexibility index (Phi) is 10.3. The van der Waals surface area contributed by atoms with Gasteiger partial charge in [-0.1, -0.05) is 6.58 Å². The average molecular weight is 177 g/mol. The van der Waals surface area contributed by atoms with Gasteiger partial charge < -0.3 is 10.5 Å². The summed E-state index contributed by atoms with van der Waals surface area (Å²) in [6, 6.07) is 0. The fourth-order valence-corrected chi connectivity index (χ4v) is 0.180. The number of ether oxygens (including phenoxy) is 1. The van der Waals surface area contributed by atoms with Gasteiger partial charge in [0.15, 0.2) is 0 Å². The first kappa shape index (κ1) is 13.1. The second-order valence-electron chi connectivity index (χ2n) is 1.37. The van der Waals surface area contributed by atoms with Crippen molar-refractivity contribution in [2.24, 2.45) is 5.73 Å². The molecule has 6 nitrogen and oxygen atoms in total. The maximum absolute atomic E-state index is 9.60. The molecule has 0 aliphatic carbocycles. The Morgan fingerprint density at radius 3 is 2.17 bits per heavy atom. The Balaban J connectivity index is 0. The molecule has 3 N–H and O–H groups in total. The minimum absolute atomic E-state index is 0.356. The molecule has 0 fully saturated rings. The molecular weight excluding hydrogens is 166 g/mol. The molecule has 1 amide bonds. The molecule has 0 bridgehead atoms. The predicted octanol–water partition coefficient (Wildman–Crippen LogP) is 0.290. The van der Waals surface area contributed by atoms with Crippen molar-refractivity contribution in [1.82, 2.24) is 0 Å². The van der Waals surface area contributed by atoms with Gasteiger partial charge in [-0.05, 0) is 6.92 Å². The number of carbonyl (C=O) groups excluding carboxylic acids is 2. The van der Waals surface area contributed by atoms with Crippen LogP contribution in [0.15, 0.2) is 12.7 Å². The summed E-state index contributed by atoms with van der Waals surface area (Å²) in [5.41, 5.74) is 4.54. The molecule has 0 radical (unpaired) electrons. The number of hydrogen-bond donors (Lipinski definition) is 2. The summed E-state index contributed by atoms with van der Waals surface area (Å²) in [6.07, 6.45) is 0.150. The van der Waals surface area contributed by atoms with Crippen molar-refractivity contribution < 1.29 is 24.5 Å². The first-order valence-electron chi connectivity index (χ1n) is 2.98. The molecule has 0 aliphatic heterocycles. The Morgan fingerprint density at radius 2 is 2.17 bits per heavy atom. The molecule has 0 saturated carbocycles. The Morgan fingerprint density at radius 1 is 1.67 bits per heavy atom. The van der Waals surface area contributed by atoms with E-state index in [4.69, 9.17) is 5.26 Å². The van der Waals surface area contributed by atoms with Crippen molar-refractivity contribution in [2.45, 2.75) is 6.92 Å². The number of amides is 1. The first-order valence-corrected chi connectivity index (χ1v) is 2.98. The van der Waals surface area contributed by atoms with Crippen LogP contribution in [0.2, 0.25) is 0 Å². The number of primary amides is 1. The maximum Gasteiger partial charge on any atom is 0.404 e. The van der Waals surface area contributed by atoms with E-state index in [9.17, 15) is 9.59 Å². The van der Waals surface area contributed by atoms with E-state index in [1.165, 1.54) is 0 Å². The molecule has 70 valence electrons. The molecule has 0 aromatic rings. The monoisotopic (exact) mass is 177 g/mol. The standard InChI is InChI=1S/C3H7NO2.C3H4O3/c1-2-6-3(4)5;1-2-3(4)6-5/h2H2,1H3,(H2,4,5);2,5H,1H2. The SMILES string of the molecule is C=CC(=O)OO.CCOC(N)=O. The first-order chi connectivity index (χ1) is 5.58. The quantitative estimate of drug-likeness (QED) is 0.359. The molecule has 0 aromatic heterocycles. The van der Waals surface area contributed by atoms with Crippen LogP contribution in [0.3, 0.4) is 0 Å². The molecule has 0 aliphatic rings. The zero-order valence-corrected chi connectivity index (χ0v) is 6.65. The van der Waals surface area contributed by atoms with Gasteiger partial charge >= 0.3 is 12.1 Å². The lowest BCUT2D eigenvalue weighted by Gasteiger charge is -1.89. The van der Waals surface area contributed by atoms with Gasteiger partial charge in [0.1, 0.15) is 0 Å². The molecule has 12 heavy (non-hydrogen) atoms. The van der Waals surface area contributed by atoms with Crippen LogP contribution in [0.25, 0.3) is 0 Å². The fraction of sp³-hybridized carbons (Fsp3) is 0.333. The van der Waals surface area contributed by atoms with E-state index >= 15 is 0 Å². The van der Waals surface area contributed by atoms with Gasteiger partial charge in [0.25, 0.3) is 0 Å². The van der Waals surface area contributed by atoms with Crippen LogP contribution >= 0.6 is 0 Å². The molecule has 0 unspecified atom stereocenters. The lowest BCUT2D eigenvalue weighted by molar-refractivity contribution is -0.228. The molecule has 0 spiro atoms. The molecule has 0 heterocycles. The Hall–Kier alpha value is -1.56. The molecule has 0 rings (SSSR count). The third-order valence-electron chi connectivity index (χ3n) is 0.543. The van der Waals surface area contributed by atoms with Crippen molar-refractivity contribution in [2.75, 3.05) is 6.61 Å². The van der Waals surface area contributed by atoms with Crippen LogP contribution in [0.1, 0.15) is 6.92 Å². The van der Waals surface area contributed by atoms with Gasteiger partial charge in [-0.3, -0.25) is 4.89 Å². The Bertz CT molecular complexity index is 156. The van der Waals surface area contributed by atoms with Crippen molar-refractivity contribution >= 4 is 12.1 Å². The summed E-state index contributed by atoms with van der Waals surface area (Å²) >= 11 is 0. The van der Waals surface area contributed by atoms with E-state index in [0.717, 1.165) is 6.08 Å². The van der Waals surface area contributed by atoms with Crippen LogP contribution in [0, 0.1) is 0 Å². The lowest BCUT2D eigenvalue weighted by Crippen LogP contribution is -2.11. The summed E-state index contributed by atoms with van der Waals surface area (Å²) in [6.45, 7) is 5.05. The molecule has 6 heteroatoms. The minimum Gasteiger partial charge on any atom is -0.450 e. The van der Waals surface area contributed by atoms with Crippen LogP contribution in [-0.2, 0) is 14.4 Å². The van der Waals surface area contributed by atoms with Crippen LogP contribution in [-0.4, -0.2) is 23.9 Å². The van der Waals surface area contributed by atoms with Crippen LogP contribution < -0.4 is 5.73 Å². The van der Waals surface area contributed by atoms with Gasteiger partial charge in [0, 0.05) is 6.08 Å². The van der Waals surface area contributed by atoms with Crippen molar-refractivity contribution in [1.29, 1.82) is 0 Å². The van der Waals surface area contributed by atoms with E-state index in [1.54, 1.807) is 6.92 Å². The third-order valence-corrected chi connectivity index (χ3v) is 0.543. The van der Waals surface area contributed by atoms with E-state index in [2.05, 4.69) is 21.9 Å². The van der Waals surface area contributed by atoms with E-state index in [-0.39, 0.29) is 0 Å². The van der Waals surface area contributed by atoms with Crippen LogP contribution in [0.5, 0.6) is 0 Å². The molecular formula is C6H11NO5. The second-order valence-corrected chi connectivity index (χ2v) is 1.37. The summed E-state index contributed by atoms with van der Waals surface area (Å²) < 4.78 is 4.18. The van der Waals surface area contributed by atoms with E-state index in [0.29, 0.717) is 6.61 Å². The van der Waals surface area contributed by atoms with Gasteiger partial charge in [0.05, 0.1) is 6.61 Å². The number of hydrogen-bond acceptors (Lipinski definition) is 5. The normalized spacial score (nSPS) is 7.17. The third kappa shape index (κ3) is 15.8. The minimum atomic E-state index is -0.838. The van der Waals surface area contributed by atoms with Gasteiger partial charge in [-0.2, -0.15) is 5.26 Å².